The molecule has 0 aliphatic carbocycles. The average molecular weight is 298 g/mol. The second-order valence-corrected chi connectivity index (χ2v) is 7.10. The van der Waals surface area contributed by atoms with Gasteiger partial charge in [-0.25, -0.2) is 8.42 Å². The summed E-state index contributed by atoms with van der Waals surface area (Å²) in [5.74, 6) is -0.945. The lowest BCUT2D eigenvalue weighted by Crippen LogP contribution is -2.24. The van der Waals surface area contributed by atoms with Gasteiger partial charge in [-0.05, 0) is 31.0 Å². The molecule has 1 amide bonds. The minimum absolute atomic E-state index is 0.0598. The molecule has 1 aromatic rings. The van der Waals surface area contributed by atoms with Crippen molar-refractivity contribution in [2.75, 3.05) is 22.6 Å². The smallest absolute Gasteiger partial charge is 0.239 e. The molecule has 0 aromatic heterocycles. The highest BCUT2D eigenvalue weighted by Crippen LogP contribution is 2.16. The average Bonchev–Trinajstić information content (AvgIpc) is 2.33. The highest BCUT2D eigenvalue weighted by atomic mass is 32.2. The number of hydrogen-bond donors (Lipinski definition) is 2. The van der Waals surface area contributed by atoms with Crippen molar-refractivity contribution in [3.8, 4) is 0 Å². The van der Waals surface area contributed by atoms with Gasteiger partial charge in [0, 0.05) is 11.4 Å². The fraction of sp³-hybridized carbons (Fsp3) is 0.500. The Hall–Kier alpha value is -1.56. The zero-order chi connectivity index (χ0) is 15.2. The molecular formula is C14H22N2O3S. The predicted molar refractivity (Wildman–Crippen MR) is 82.4 cm³/mol. The monoisotopic (exact) mass is 298 g/mol. The van der Waals surface area contributed by atoms with Gasteiger partial charge in [-0.2, -0.15) is 0 Å². The third kappa shape index (κ3) is 5.61. The first-order valence-electron chi connectivity index (χ1n) is 6.70. The summed E-state index contributed by atoms with van der Waals surface area (Å²) in [6.45, 7) is 3.86. The van der Waals surface area contributed by atoms with E-state index in [1.54, 1.807) is 18.2 Å². The molecule has 0 fully saturated rings. The van der Waals surface area contributed by atoms with Crippen molar-refractivity contribution in [3.63, 3.8) is 0 Å². The number of sulfone groups is 1. The molecule has 112 valence electrons. The van der Waals surface area contributed by atoms with E-state index in [4.69, 9.17) is 5.73 Å². The highest BCUT2D eigenvalue weighted by Gasteiger charge is 2.16. The van der Waals surface area contributed by atoms with Crippen molar-refractivity contribution in [3.05, 3.63) is 23.8 Å². The molecule has 0 spiro atoms. The molecular weight excluding hydrogens is 276 g/mol. The van der Waals surface area contributed by atoms with E-state index in [2.05, 4.69) is 5.32 Å². The Morgan fingerprint density at radius 3 is 2.60 bits per heavy atom. The molecule has 3 N–H and O–H groups in total. The summed E-state index contributed by atoms with van der Waals surface area (Å²) in [5, 5.41) is 2.56. The normalized spacial score (nSPS) is 11.3. The summed E-state index contributed by atoms with van der Waals surface area (Å²) in [6, 6.07) is 5.10. The third-order valence-electron chi connectivity index (χ3n) is 2.97. The van der Waals surface area contributed by atoms with Crippen LogP contribution in [0.3, 0.4) is 0 Å². The SMILES string of the molecule is CCCCCS(=O)(=O)CC(=O)Nc1ccc(C)c(N)c1. The minimum Gasteiger partial charge on any atom is -0.398 e. The van der Waals surface area contributed by atoms with E-state index < -0.39 is 21.5 Å². The van der Waals surface area contributed by atoms with Gasteiger partial charge in [-0.15, -0.1) is 0 Å². The van der Waals surface area contributed by atoms with Gasteiger partial charge < -0.3 is 11.1 Å². The van der Waals surface area contributed by atoms with Crippen LogP contribution in [0.1, 0.15) is 31.7 Å². The van der Waals surface area contributed by atoms with Crippen LogP contribution in [-0.4, -0.2) is 25.8 Å². The number of anilines is 2. The molecule has 1 rings (SSSR count). The highest BCUT2D eigenvalue weighted by molar-refractivity contribution is 7.92. The molecule has 0 radical (unpaired) electrons. The van der Waals surface area contributed by atoms with Crippen LogP contribution < -0.4 is 11.1 Å². The standard InChI is InChI=1S/C14H22N2O3S/c1-3-4-5-8-20(18,19)10-14(17)16-12-7-6-11(2)13(15)9-12/h6-7,9H,3-5,8,10,15H2,1-2H3,(H,16,17). The Kier molecular flexibility index (Phi) is 6.01. The van der Waals surface area contributed by atoms with E-state index in [1.165, 1.54) is 0 Å². The fourth-order valence-corrected chi connectivity index (χ4v) is 3.02. The Labute approximate surface area is 120 Å². The van der Waals surface area contributed by atoms with Crippen molar-refractivity contribution >= 4 is 27.1 Å². The molecule has 0 atom stereocenters. The first-order chi connectivity index (χ1) is 9.34. The van der Waals surface area contributed by atoms with Crippen LogP contribution in [0.5, 0.6) is 0 Å². The zero-order valence-corrected chi connectivity index (χ0v) is 12.8. The number of hydrogen-bond acceptors (Lipinski definition) is 4. The number of carbonyl (C=O) groups is 1. The number of benzene rings is 1. The van der Waals surface area contributed by atoms with E-state index in [1.807, 2.05) is 13.8 Å². The van der Waals surface area contributed by atoms with Gasteiger partial charge in [-0.1, -0.05) is 25.8 Å². The Morgan fingerprint density at radius 2 is 2.00 bits per heavy atom. The fourth-order valence-electron chi connectivity index (χ4n) is 1.76. The Balaban J connectivity index is 2.56. The van der Waals surface area contributed by atoms with Crippen molar-refractivity contribution in [2.45, 2.75) is 33.1 Å². The number of nitrogens with one attached hydrogen (secondary N) is 1. The molecule has 0 bridgehead atoms. The first kappa shape index (κ1) is 16.5. The number of nitrogen functional groups attached to an aromatic ring is 1. The quantitative estimate of drug-likeness (QED) is 0.596. The van der Waals surface area contributed by atoms with Gasteiger partial charge in [0.15, 0.2) is 9.84 Å². The van der Waals surface area contributed by atoms with E-state index >= 15 is 0 Å². The van der Waals surface area contributed by atoms with Crippen LogP contribution in [-0.2, 0) is 14.6 Å². The molecule has 0 aliphatic rings. The van der Waals surface area contributed by atoms with Gasteiger partial charge in [0.25, 0.3) is 0 Å². The van der Waals surface area contributed by atoms with Crippen molar-refractivity contribution in [2.24, 2.45) is 0 Å². The van der Waals surface area contributed by atoms with Crippen LogP contribution in [0.2, 0.25) is 0 Å². The third-order valence-corrected chi connectivity index (χ3v) is 4.59. The zero-order valence-electron chi connectivity index (χ0n) is 12.0. The van der Waals surface area contributed by atoms with E-state index in [9.17, 15) is 13.2 Å². The molecule has 5 nitrogen and oxygen atoms in total. The maximum Gasteiger partial charge on any atom is 0.239 e. The van der Waals surface area contributed by atoms with Crippen molar-refractivity contribution in [1.82, 2.24) is 0 Å². The lowest BCUT2D eigenvalue weighted by atomic mass is 10.2. The Morgan fingerprint density at radius 1 is 1.30 bits per heavy atom. The predicted octanol–water partition coefficient (Wildman–Crippen LogP) is 2.12. The topological polar surface area (TPSA) is 89.3 Å². The van der Waals surface area contributed by atoms with Crippen LogP contribution >= 0.6 is 0 Å². The van der Waals surface area contributed by atoms with Crippen LogP contribution in [0.25, 0.3) is 0 Å². The maximum absolute atomic E-state index is 11.7. The number of aryl methyl sites for hydroxylation is 1. The summed E-state index contributed by atoms with van der Waals surface area (Å²) < 4.78 is 23.5. The summed E-state index contributed by atoms with van der Waals surface area (Å²) in [4.78, 5) is 11.7. The molecule has 0 heterocycles. The second kappa shape index (κ2) is 7.28. The Bertz CT molecular complexity index is 568. The van der Waals surface area contributed by atoms with Gasteiger partial charge in [0.05, 0.1) is 5.75 Å². The summed E-state index contributed by atoms with van der Waals surface area (Å²) >= 11 is 0. The second-order valence-electron chi connectivity index (χ2n) is 4.92. The van der Waals surface area contributed by atoms with Crippen molar-refractivity contribution in [1.29, 1.82) is 0 Å². The minimum atomic E-state index is -3.33. The largest absolute Gasteiger partial charge is 0.398 e. The lowest BCUT2D eigenvalue weighted by Gasteiger charge is -2.08. The summed E-state index contributed by atoms with van der Waals surface area (Å²) in [6.07, 6.45) is 2.41. The molecule has 0 unspecified atom stereocenters. The number of rotatable bonds is 7. The maximum atomic E-state index is 11.7. The van der Waals surface area contributed by atoms with Crippen LogP contribution in [0.15, 0.2) is 18.2 Å². The molecule has 0 saturated carbocycles. The number of amides is 1. The van der Waals surface area contributed by atoms with Crippen molar-refractivity contribution < 1.29 is 13.2 Å². The number of unbranched alkanes of at least 4 members (excludes halogenated alkanes) is 2. The first-order valence-corrected chi connectivity index (χ1v) is 8.52. The number of carbonyl (C=O) groups excluding carboxylic acids is 1. The molecule has 6 heteroatoms. The van der Waals surface area contributed by atoms with E-state index in [0.717, 1.165) is 18.4 Å². The van der Waals surface area contributed by atoms with Gasteiger partial charge in [-0.3, -0.25) is 4.79 Å². The summed E-state index contributed by atoms with van der Waals surface area (Å²) in [7, 11) is -3.33. The molecule has 1 aromatic carbocycles. The van der Waals surface area contributed by atoms with E-state index in [0.29, 0.717) is 17.8 Å². The van der Waals surface area contributed by atoms with Crippen LogP contribution in [0, 0.1) is 6.92 Å². The van der Waals surface area contributed by atoms with Gasteiger partial charge in [0.1, 0.15) is 5.75 Å². The lowest BCUT2D eigenvalue weighted by molar-refractivity contribution is -0.113. The van der Waals surface area contributed by atoms with E-state index in [-0.39, 0.29) is 5.75 Å². The summed E-state index contributed by atoms with van der Waals surface area (Å²) in [5.41, 5.74) is 7.73. The van der Waals surface area contributed by atoms with Gasteiger partial charge in [0.2, 0.25) is 5.91 Å². The van der Waals surface area contributed by atoms with Gasteiger partial charge >= 0.3 is 0 Å². The molecule has 20 heavy (non-hydrogen) atoms. The van der Waals surface area contributed by atoms with Crippen LogP contribution in [0.4, 0.5) is 11.4 Å². The molecule has 0 aliphatic heterocycles. The number of nitrogens with two attached hydrogens (primary N) is 1. The molecule has 0 saturated heterocycles.